The predicted molar refractivity (Wildman–Crippen MR) is 94.2 cm³/mol. The maximum Gasteiger partial charge on any atom is 0.221 e. The fourth-order valence-corrected chi connectivity index (χ4v) is 3.35. The zero-order valence-corrected chi connectivity index (χ0v) is 13.8. The number of benzene rings is 2. The average Bonchev–Trinajstić information content (AvgIpc) is 2.66. The van der Waals surface area contributed by atoms with Crippen LogP contribution in [0.25, 0.3) is 21.7 Å². The summed E-state index contributed by atoms with van der Waals surface area (Å²) < 4.78 is 17.1. The van der Waals surface area contributed by atoms with Crippen LogP contribution in [0.5, 0.6) is 5.88 Å². The van der Waals surface area contributed by atoms with E-state index in [1.165, 1.54) is 6.42 Å². The Hall–Kier alpha value is -2.17. The summed E-state index contributed by atoms with van der Waals surface area (Å²) in [6, 6.07) is 14.3. The van der Waals surface area contributed by atoms with Crippen LogP contribution in [-0.2, 0) is 16.1 Å². The van der Waals surface area contributed by atoms with E-state index in [9.17, 15) is 0 Å². The summed E-state index contributed by atoms with van der Waals surface area (Å²) in [5.41, 5.74) is 2.06. The second kappa shape index (κ2) is 6.75. The Morgan fingerprint density at radius 1 is 1.08 bits per heavy atom. The summed E-state index contributed by atoms with van der Waals surface area (Å²) in [5.74, 6) is 0.659. The van der Waals surface area contributed by atoms with Crippen molar-refractivity contribution in [2.75, 3.05) is 13.7 Å². The van der Waals surface area contributed by atoms with Crippen molar-refractivity contribution in [2.24, 2.45) is 0 Å². The van der Waals surface area contributed by atoms with Crippen molar-refractivity contribution in [3.63, 3.8) is 0 Å². The molecule has 0 bridgehead atoms. The highest BCUT2D eigenvalue weighted by Gasteiger charge is 2.16. The van der Waals surface area contributed by atoms with Gasteiger partial charge in [0.1, 0.15) is 0 Å². The zero-order valence-electron chi connectivity index (χ0n) is 13.8. The van der Waals surface area contributed by atoms with Gasteiger partial charge in [-0.25, -0.2) is 4.98 Å². The molecule has 24 heavy (non-hydrogen) atoms. The fraction of sp³-hybridized carbons (Fsp3) is 0.350. The monoisotopic (exact) mass is 323 g/mol. The van der Waals surface area contributed by atoms with Crippen molar-refractivity contribution >= 4 is 21.7 Å². The van der Waals surface area contributed by atoms with E-state index in [1.54, 1.807) is 7.11 Å². The normalized spacial score (nSPS) is 18.1. The SMILES string of the molecule is COc1nc2cccc(COC3CCCCO3)c2c2ccccc12. The van der Waals surface area contributed by atoms with Crippen LogP contribution in [0.2, 0.25) is 0 Å². The molecule has 1 atom stereocenters. The first-order chi connectivity index (χ1) is 11.9. The second-order valence-corrected chi connectivity index (χ2v) is 6.09. The molecule has 1 aliphatic heterocycles. The molecule has 2 heterocycles. The van der Waals surface area contributed by atoms with Crippen LogP contribution >= 0.6 is 0 Å². The molecule has 0 N–H and O–H groups in total. The molecule has 1 fully saturated rings. The molecule has 0 spiro atoms. The lowest BCUT2D eigenvalue weighted by atomic mass is 10.0. The van der Waals surface area contributed by atoms with E-state index in [1.807, 2.05) is 30.3 Å². The number of aromatic nitrogens is 1. The van der Waals surface area contributed by atoms with Gasteiger partial charge in [0.05, 0.1) is 19.2 Å². The van der Waals surface area contributed by atoms with Gasteiger partial charge in [-0.3, -0.25) is 0 Å². The molecule has 0 amide bonds. The smallest absolute Gasteiger partial charge is 0.221 e. The molecule has 4 nitrogen and oxygen atoms in total. The molecule has 0 aliphatic carbocycles. The number of hydrogen-bond acceptors (Lipinski definition) is 4. The lowest BCUT2D eigenvalue weighted by Gasteiger charge is -2.23. The third-order valence-corrected chi connectivity index (χ3v) is 4.53. The van der Waals surface area contributed by atoms with E-state index in [2.05, 4.69) is 17.1 Å². The minimum Gasteiger partial charge on any atom is -0.481 e. The van der Waals surface area contributed by atoms with Crippen molar-refractivity contribution in [1.29, 1.82) is 0 Å². The third kappa shape index (κ3) is 2.83. The van der Waals surface area contributed by atoms with Crippen LogP contribution in [0, 0.1) is 0 Å². The van der Waals surface area contributed by atoms with Gasteiger partial charge in [-0.05, 0) is 42.3 Å². The van der Waals surface area contributed by atoms with Gasteiger partial charge in [0.2, 0.25) is 5.88 Å². The van der Waals surface area contributed by atoms with Crippen molar-refractivity contribution in [3.8, 4) is 5.88 Å². The van der Waals surface area contributed by atoms with Crippen LogP contribution in [0.15, 0.2) is 42.5 Å². The van der Waals surface area contributed by atoms with Gasteiger partial charge in [-0.2, -0.15) is 0 Å². The highest BCUT2D eigenvalue weighted by atomic mass is 16.7. The van der Waals surface area contributed by atoms with Gasteiger partial charge in [-0.1, -0.05) is 30.3 Å². The molecule has 1 saturated heterocycles. The fourth-order valence-electron chi connectivity index (χ4n) is 3.35. The van der Waals surface area contributed by atoms with Crippen LogP contribution in [0.1, 0.15) is 24.8 Å². The van der Waals surface area contributed by atoms with Crippen molar-refractivity contribution in [2.45, 2.75) is 32.2 Å². The van der Waals surface area contributed by atoms with Gasteiger partial charge >= 0.3 is 0 Å². The minimum atomic E-state index is -0.0912. The topological polar surface area (TPSA) is 40.6 Å². The van der Waals surface area contributed by atoms with E-state index in [4.69, 9.17) is 14.2 Å². The van der Waals surface area contributed by atoms with Crippen LogP contribution in [-0.4, -0.2) is 25.0 Å². The molecule has 1 unspecified atom stereocenters. The Balaban J connectivity index is 1.76. The highest BCUT2D eigenvalue weighted by molar-refractivity contribution is 6.09. The number of rotatable bonds is 4. The molecule has 1 aliphatic rings. The Bertz CT molecular complexity index is 856. The summed E-state index contributed by atoms with van der Waals surface area (Å²) in [7, 11) is 1.66. The summed E-state index contributed by atoms with van der Waals surface area (Å²) in [6.07, 6.45) is 3.17. The third-order valence-electron chi connectivity index (χ3n) is 4.53. The Morgan fingerprint density at radius 2 is 1.96 bits per heavy atom. The van der Waals surface area contributed by atoms with Crippen LogP contribution in [0.3, 0.4) is 0 Å². The van der Waals surface area contributed by atoms with Gasteiger partial charge in [-0.15, -0.1) is 0 Å². The molecule has 2 aromatic carbocycles. The summed E-state index contributed by atoms with van der Waals surface area (Å²) in [4.78, 5) is 4.67. The largest absolute Gasteiger partial charge is 0.481 e. The lowest BCUT2D eigenvalue weighted by Crippen LogP contribution is -2.22. The van der Waals surface area contributed by atoms with Crippen LogP contribution in [0.4, 0.5) is 0 Å². The summed E-state index contributed by atoms with van der Waals surface area (Å²) in [6.45, 7) is 1.32. The standard InChI is InChI=1S/C20H21NO3/c1-22-20-16-9-3-2-8-15(16)19-14(7-6-10-17(19)21-20)13-24-18-11-4-5-12-23-18/h2-3,6-10,18H,4-5,11-13H2,1H3. The Labute approximate surface area is 141 Å². The van der Waals surface area contributed by atoms with E-state index >= 15 is 0 Å². The molecule has 4 rings (SSSR count). The predicted octanol–water partition coefficient (Wildman–Crippen LogP) is 4.44. The molecular weight excluding hydrogens is 302 g/mol. The highest BCUT2D eigenvalue weighted by Crippen LogP contribution is 2.33. The van der Waals surface area contributed by atoms with Gasteiger partial charge in [0.25, 0.3) is 0 Å². The number of nitrogens with zero attached hydrogens (tertiary/aromatic N) is 1. The molecule has 0 saturated carbocycles. The van der Waals surface area contributed by atoms with E-state index in [0.29, 0.717) is 12.5 Å². The van der Waals surface area contributed by atoms with Crippen molar-refractivity contribution in [3.05, 3.63) is 48.0 Å². The van der Waals surface area contributed by atoms with E-state index in [-0.39, 0.29) is 6.29 Å². The maximum absolute atomic E-state index is 6.00. The minimum absolute atomic E-state index is 0.0912. The van der Waals surface area contributed by atoms with Gasteiger partial charge in [0, 0.05) is 17.4 Å². The zero-order chi connectivity index (χ0) is 16.4. The van der Waals surface area contributed by atoms with Gasteiger partial charge in [0.15, 0.2) is 6.29 Å². The summed E-state index contributed by atoms with van der Waals surface area (Å²) >= 11 is 0. The van der Waals surface area contributed by atoms with E-state index in [0.717, 1.165) is 46.7 Å². The first-order valence-corrected chi connectivity index (χ1v) is 8.44. The molecular formula is C20H21NO3. The number of fused-ring (bicyclic) bond motifs is 3. The number of pyridine rings is 1. The molecule has 124 valence electrons. The number of methoxy groups -OCH3 is 1. The number of hydrogen-bond donors (Lipinski definition) is 0. The van der Waals surface area contributed by atoms with Gasteiger partial charge < -0.3 is 14.2 Å². The van der Waals surface area contributed by atoms with Crippen molar-refractivity contribution < 1.29 is 14.2 Å². The molecule has 0 radical (unpaired) electrons. The van der Waals surface area contributed by atoms with Crippen LogP contribution < -0.4 is 4.74 Å². The lowest BCUT2D eigenvalue weighted by molar-refractivity contribution is -0.168. The molecule has 3 aromatic rings. The molecule has 1 aromatic heterocycles. The molecule has 4 heteroatoms. The Kier molecular flexibility index (Phi) is 4.32. The number of ether oxygens (including phenoxy) is 3. The van der Waals surface area contributed by atoms with E-state index < -0.39 is 0 Å². The summed E-state index contributed by atoms with van der Waals surface area (Å²) in [5, 5.41) is 3.29. The maximum atomic E-state index is 6.00. The first kappa shape index (κ1) is 15.4. The van der Waals surface area contributed by atoms with Crippen molar-refractivity contribution in [1.82, 2.24) is 4.98 Å². The second-order valence-electron chi connectivity index (χ2n) is 6.09. The quantitative estimate of drug-likeness (QED) is 0.666. The first-order valence-electron chi connectivity index (χ1n) is 8.44. The Morgan fingerprint density at radius 3 is 2.75 bits per heavy atom. The average molecular weight is 323 g/mol.